The number of nitrogens with one attached hydrogen (secondary N) is 1. The van der Waals surface area contributed by atoms with Crippen molar-refractivity contribution in [3.8, 4) is 0 Å². The van der Waals surface area contributed by atoms with Crippen molar-refractivity contribution in [3.05, 3.63) is 70.8 Å². The quantitative estimate of drug-likeness (QED) is 0.879. The fourth-order valence-electron chi connectivity index (χ4n) is 2.99. The normalized spacial score (nSPS) is 18.6. The van der Waals surface area contributed by atoms with Crippen molar-refractivity contribution in [2.45, 2.75) is 24.8 Å². The van der Waals surface area contributed by atoms with Crippen LogP contribution in [-0.4, -0.2) is 20.1 Å². The molecule has 1 amide bonds. The molecule has 2 aromatic carbocycles. The van der Waals surface area contributed by atoms with E-state index >= 15 is 0 Å². The second-order valence-electron chi connectivity index (χ2n) is 6.07. The van der Waals surface area contributed by atoms with Crippen LogP contribution in [0.4, 0.5) is 0 Å². The van der Waals surface area contributed by atoms with E-state index in [1.54, 1.807) is 6.07 Å². The Labute approximate surface area is 141 Å². The standard InChI is InChI=1S/C18H20N2O3S/c19-10-14-7-5-13(6-8-14)9-18(21)20-17-12-24(22,23)11-15-3-1-2-4-16(15)17/h1-8,17H,9-12,19H2,(H,20,21). The minimum Gasteiger partial charge on any atom is -0.348 e. The number of carbonyl (C=O) groups excluding carboxylic acids is 1. The molecule has 126 valence electrons. The third-order valence-corrected chi connectivity index (χ3v) is 5.78. The molecule has 24 heavy (non-hydrogen) atoms. The van der Waals surface area contributed by atoms with Gasteiger partial charge >= 0.3 is 0 Å². The van der Waals surface area contributed by atoms with Gasteiger partial charge in [0.25, 0.3) is 0 Å². The third kappa shape index (κ3) is 3.83. The van der Waals surface area contributed by atoms with E-state index in [0.717, 1.165) is 22.3 Å². The van der Waals surface area contributed by atoms with E-state index in [1.165, 1.54) is 0 Å². The summed E-state index contributed by atoms with van der Waals surface area (Å²) in [6.07, 6.45) is 0.212. The highest BCUT2D eigenvalue weighted by Crippen LogP contribution is 2.28. The van der Waals surface area contributed by atoms with Crippen LogP contribution in [0.5, 0.6) is 0 Å². The van der Waals surface area contributed by atoms with Crippen LogP contribution >= 0.6 is 0 Å². The maximum absolute atomic E-state index is 12.3. The predicted molar refractivity (Wildman–Crippen MR) is 92.9 cm³/mol. The number of rotatable bonds is 4. The van der Waals surface area contributed by atoms with E-state index in [4.69, 9.17) is 5.73 Å². The first-order chi connectivity index (χ1) is 11.5. The number of nitrogens with two attached hydrogens (primary N) is 1. The molecule has 0 spiro atoms. The minimum atomic E-state index is -3.20. The molecule has 1 aliphatic heterocycles. The van der Waals surface area contributed by atoms with Crippen LogP contribution in [0, 0.1) is 0 Å². The van der Waals surface area contributed by atoms with Gasteiger partial charge in [0.1, 0.15) is 0 Å². The van der Waals surface area contributed by atoms with Gasteiger partial charge < -0.3 is 11.1 Å². The van der Waals surface area contributed by atoms with Gasteiger partial charge in [-0.1, -0.05) is 48.5 Å². The smallest absolute Gasteiger partial charge is 0.224 e. The summed E-state index contributed by atoms with van der Waals surface area (Å²) in [6.45, 7) is 0.462. The van der Waals surface area contributed by atoms with Crippen LogP contribution < -0.4 is 11.1 Å². The van der Waals surface area contributed by atoms with Gasteiger partial charge in [-0.25, -0.2) is 8.42 Å². The lowest BCUT2D eigenvalue weighted by atomic mass is 10.0. The molecule has 3 N–H and O–H groups in total. The van der Waals surface area contributed by atoms with Crippen LogP contribution in [-0.2, 0) is 33.4 Å². The van der Waals surface area contributed by atoms with Crippen LogP contribution in [0.1, 0.15) is 28.3 Å². The highest BCUT2D eigenvalue weighted by molar-refractivity contribution is 7.90. The molecule has 0 saturated carbocycles. The first kappa shape index (κ1) is 16.7. The van der Waals surface area contributed by atoms with E-state index in [9.17, 15) is 13.2 Å². The Kier molecular flexibility index (Phi) is 4.69. The Bertz CT molecular complexity index is 845. The van der Waals surface area contributed by atoms with Crippen molar-refractivity contribution in [1.29, 1.82) is 0 Å². The molecule has 1 aliphatic rings. The van der Waals surface area contributed by atoms with Crippen molar-refractivity contribution in [2.75, 3.05) is 5.75 Å². The monoisotopic (exact) mass is 344 g/mol. The Balaban J connectivity index is 1.73. The van der Waals surface area contributed by atoms with Crippen LogP contribution in [0.25, 0.3) is 0 Å². The summed E-state index contributed by atoms with van der Waals surface area (Å²) < 4.78 is 24.1. The van der Waals surface area contributed by atoms with E-state index < -0.39 is 15.9 Å². The van der Waals surface area contributed by atoms with Gasteiger partial charge in [0.05, 0.1) is 24.0 Å². The molecule has 0 radical (unpaired) electrons. The van der Waals surface area contributed by atoms with Crippen LogP contribution in [0.15, 0.2) is 48.5 Å². The number of sulfone groups is 1. The van der Waals surface area contributed by atoms with Crippen molar-refractivity contribution < 1.29 is 13.2 Å². The molecule has 0 aromatic heterocycles. The molecule has 5 nitrogen and oxygen atoms in total. The lowest BCUT2D eigenvalue weighted by molar-refractivity contribution is -0.121. The van der Waals surface area contributed by atoms with Crippen molar-refractivity contribution >= 4 is 15.7 Å². The number of benzene rings is 2. The molecule has 0 fully saturated rings. The summed E-state index contributed by atoms with van der Waals surface area (Å²) in [5.41, 5.74) is 9.09. The second kappa shape index (κ2) is 6.75. The Hall–Kier alpha value is -2.18. The van der Waals surface area contributed by atoms with E-state index in [2.05, 4.69) is 5.32 Å². The van der Waals surface area contributed by atoms with Gasteiger partial charge in [-0.2, -0.15) is 0 Å². The highest BCUT2D eigenvalue weighted by atomic mass is 32.2. The fourth-order valence-corrected chi connectivity index (χ4v) is 4.61. The topological polar surface area (TPSA) is 89.3 Å². The molecule has 0 bridgehead atoms. The van der Waals surface area contributed by atoms with Gasteiger partial charge in [0.2, 0.25) is 5.91 Å². The Morgan fingerprint density at radius 3 is 2.46 bits per heavy atom. The predicted octanol–water partition coefficient (Wildman–Crippen LogP) is 1.47. The average molecular weight is 344 g/mol. The molecule has 2 aromatic rings. The zero-order valence-electron chi connectivity index (χ0n) is 13.2. The van der Waals surface area contributed by atoms with Gasteiger partial charge in [-0.05, 0) is 22.3 Å². The SMILES string of the molecule is NCc1ccc(CC(=O)NC2CS(=O)(=O)Cc3ccccc32)cc1. The summed E-state index contributed by atoms with van der Waals surface area (Å²) >= 11 is 0. The average Bonchev–Trinajstić information content (AvgIpc) is 2.54. The molecule has 1 heterocycles. The Morgan fingerprint density at radius 2 is 1.75 bits per heavy atom. The molecule has 1 unspecified atom stereocenters. The minimum absolute atomic E-state index is 0.0378. The maximum Gasteiger partial charge on any atom is 0.224 e. The van der Waals surface area contributed by atoms with Gasteiger partial charge in [-0.15, -0.1) is 0 Å². The molecule has 1 atom stereocenters. The van der Waals surface area contributed by atoms with Gasteiger partial charge in [-0.3, -0.25) is 4.79 Å². The van der Waals surface area contributed by atoms with Crippen molar-refractivity contribution in [2.24, 2.45) is 5.73 Å². The summed E-state index contributed by atoms with van der Waals surface area (Å²) in [6, 6.07) is 14.4. The second-order valence-corrected chi connectivity index (χ2v) is 8.18. The highest BCUT2D eigenvalue weighted by Gasteiger charge is 2.30. The number of carbonyl (C=O) groups is 1. The summed E-state index contributed by atoms with van der Waals surface area (Å²) in [4.78, 5) is 12.3. The number of hydrogen-bond donors (Lipinski definition) is 2. The largest absolute Gasteiger partial charge is 0.348 e. The fraction of sp³-hybridized carbons (Fsp3) is 0.278. The summed E-state index contributed by atoms with van der Waals surface area (Å²) in [7, 11) is -3.20. The molecule has 6 heteroatoms. The summed E-state index contributed by atoms with van der Waals surface area (Å²) in [5.74, 6) is -0.204. The first-order valence-electron chi connectivity index (χ1n) is 7.82. The van der Waals surface area contributed by atoms with Crippen molar-refractivity contribution in [3.63, 3.8) is 0 Å². The van der Waals surface area contributed by atoms with E-state index in [0.29, 0.717) is 6.54 Å². The lowest BCUT2D eigenvalue weighted by Gasteiger charge is -2.26. The number of fused-ring (bicyclic) bond motifs is 1. The lowest BCUT2D eigenvalue weighted by Crippen LogP contribution is -2.37. The zero-order valence-corrected chi connectivity index (χ0v) is 14.1. The Morgan fingerprint density at radius 1 is 1.08 bits per heavy atom. The molecular formula is C18H20N2O3S. The summed E-state index contributed by atoms with van der Waals surface area (Å²) in [5, 5.41) is 2.86. The van der Waals surface area contributed by atoms with Crippen LogP contribution in [0.2, 0.25) is 0 Å². The zero-order chi connectivity index (χ0) is 17.2. The van der Waals surface area contributed by atoms with Gasteiger partial charge in [0, 0.05) is 6.54 Å². The molecular weight excluding hydrogens is 324 g/mol. The number of amides is 1. The van der Waals surface area contributed by atoms with E-state index in [-0.39, 0.29) is 23.8 Å². The van der Waals surface area contributed by atoms with Gasteiger partial charge in [0.15, 0.2) is 9.84 Å². The molecule has 3 rings (SSSR count). The maximum atomic E-state index is 12.3. The van der Waals surface area contributed by atoms with Crippen LogP contribution in [0.3, 0.4) is 0 Å². The molecule has 0 saturated heterocycles. The number of hydrogen-bond acceptors (Lipinski definition) is 4. The van der Waals surface area contributed by atoms with E-state index in [1.807, 2.05) is 42.5 Å². The first-order valence-corrected chi connectivity index (χ1v) is 9.64. The third-order valence-electron chi connectivity index (χ3n) is 4.19. The van der Waals surface area contributed by atoms with Crippen molar-refractivity contribution in [1.82, 2.24) is 5.32 Å². The molecule has 0 aliphatic carbocycles.